The van der Waals surface area contributed by atoms with Crippen molar-refractivity contribution in [2.24, 2.45) is 11.8 Å². The van der Waals surface area contributed by atoms with Crippen LogP contribution < -0.4 is 0 Å². The number of likely N-dealkylation sites (tertiary alicyclic amines) is 1. The molecule has 0 aromatic carbocycles. The van der Waals surface area contributed by atoms with E-state index in [-0.39, 0.29) is 0 Å². The molecule has 12 heavy (non-hydrogen) atoms. The molecule has 0 aromatic rings. The minimum absolute atomic E-state index is 0.809. The summed E-state index contributed by atoms with van der Waals surface area (Å²) in [6.45, 7) is 6.51. The van der Waals surface area contributed by atoms with Gasteiger partial charge in [-0.3, -0.25) is 0 Å². The second-order valence-electron chi connectivity index (χ2n) is 4.16. The van der Waals surface area contributed by atoms with Crippen molar-refractivity contribution in [2.45, 2.75) is 33.1 Å². The van der Waals surface area contributed by atoms with E-state index in [0.29, 0.717) is 0 Å². The first kappa shape index (κ1) is 9.38. The summed E-state index contributed by atoms with van der Waals surface area (Å²) >= 11 is 0. The van der Waals surface area contributed by atoms with Gasteiger partial charge in [0.2, 0.25) is 0 Å². The zero-order valence-electron chi connectivity index (χ0n) is 8.08. The van der Waals surface area contributed by atoms with Gasteiger partial charge in [-0.15, -0.1) is 0 Å². The van der Waals surface area contributed by atoms with Crippen LogP contribution in [0.1, 0.15) is 33.1 Å². The predicted molar refractivity (Wildman–Crippen MR) is 49.4 cm³/mol. The maximum atomic E-state index is 8.64. The highest BCUT2D eigenvalue weighted by atomic mass is 15.1. The van der Waals surface area contributed by atoms with Crippen LogP contribution in [0.4, 0.5) is 0 Å². The fraction of sp³-hybridized carbons (Fsp3) is 0.900. The number of piperidine rings is 1. The van der Waals surface area contributed by atoms with Crippen LogP contribution in [-0.2, 0) is 0 Å². The lowest BCUT2D eigenvalue weighted by atomic mass is 9.89. The molecule has 0 saturated carbocycles. The normalized spacial score (nSPS) is 19.7. The predicted octanol–water partition coefficient (Wildman–Crippen LogP) is 2.23. The molecule has 2 heteroatoms. The van der Waals surface area contributed by atoms with Crippen molar-refractivity contribution in [2.75, 3.05) is 13.1 Å². The van der Waals surface area contributed by atoms with Gasteiger partial charge < -0.3 is 4.90 Å². The molecular weight excluding hydrogens is 148 g/mol. The van der Waals surface area contributed by atoms with Gasteiger partial charge in [-0.25, -0.2) is 0 Å². The Bertz CT molecular complexity index is 161. The minimum Gasteiger partial charge on any atom is -0.311 e. The molecule has 0 bridgehead atoms. The SMILES string of the molecule is CC(C)CC1CCN(C#N)CC1. The van der Waals surface area contributed by atoms with Crippen LogP contribution in [0.25, 0.3) is 0 Å². The van der Waals surface area contributed by atoms with Crippen LogP contribution in [-0.4, -0.2) is 18.0 Å². The Hall–Kier alpha value is -0.710. The van der Waals surface area contributed by atoms with Gasteiger partial charge in [0.25, 0.3) is 0 Å². The Labute approximate surface area is 75.2 Å². The van der Waals surface area contributed by atoms with Crippen molar-refractivity contribution in [1.82, 2.24) is 4.90 Å². The molecule has 0 spiro atoms. The van der Waals surface area contributed by atoms with Crippen LogP contribution >= 0.6 is 0 Å². The van der Waals surface area contributed by atoms with E-state index in [9.17, 15) is 0 Å². The van der Waals surface area contributed by atoms with E-state index < -0.39 is 0 Å². The lowest BCUT2D eigenvalue weighted by Gasteiger charge is -2.28. The van der Waals surface area contributed by atoms with E-state index >= 15 is 0 Å². The van der Waals surface area contributed by atoms with Gasteiger partial charge >= 0.3 is 0 Å². The minimum atomic E-state index is 0.809. The monoisotopic (exact) mass is 166 g/mol. The van der Waals surface area contributed by atoms with E-state index in [4.69, 9.17) is 5.26 Å². The van der Waals surface area contributed by atoms with E-state index in [2.05, 4.69) is 20.0 Å². The van der Waals surface area contributed by atoms with Crippen LogP contribution in [0.15, 0.2) is 0 Å². The lowest BCUT2D eigenvalue weighted by Crippen LogP contribution is -2.30. The third kappa shape index (κ3) is 2.73. The fourth-order valence-corrected chi connectivity index (χ4v) is 1.94. The van der Waals surface area contributed by atoms with Gasteiger partial charge in [0.1, 0.15) is 0 Å². The Kier molecular flexibility index (Phi) is 3.40. The molecule has 1 heterocycles. The Morgan fingerprint density at radius 3 is 2.42 bits per heavy atom. The zero-order valence-corrected chi connectivity index (χ0v) is 8.08. The molecule has 1 aliphatic rings. The van der Waals surface area contributed by atoms with E-state index in [1.807, 2.05) is 4.90 Å². The summed E-state index contributed by atoms with van der Waals surface area (Å²) in [4.78, 5) is 1.87. The quantitative estimate of drug-likeness (QED) is 0.588. The third-order valence-electron chi connectivity index (χ3n) is 2.56. The summed E-state index contributed by atoms with van der Waals surface area (Å²) < 4.78 is 0. The first-order valence-corrected chi connectivity index (χ1v) is 4.87. The van der Waals surface area contributed by atoms with Crippen molar-refractivity contribution in [3.05, 3.63) is 0 Å². The molecule has 2 nitrogen and oxygen atoms in total. The van der Waals surface area contributed by atoms with Crippen LogP contribution in [0.3, 0.4) is 0 Å². The summed E-state index contributed by atoms with van der Waals surface area (Å²) in [5.41, 5.74) is 0. The molecule has 0 aromatic heterocycles. The molecule has 68 valence electrons. The largest absolute Gasteiger partial charge is 0.311 e. The second kappa shape index (κ2) is 4.35. The van der Waals surface area contributed by atoms with Crippen molar-refractivity contribution in [3.8, 4) is 6.19 Å². The Balaban J connectivity index is 2.23. The maximum absolute atomic E-state index is 8.64. The van der Waals surface area contributed by atoms with Gasteiger partial charge in [-0.2, -0.15) is 5.26 Å². The van der Waals surface area contributed by atoms with E-state index in [1.54, 1.807) is 0 Å². The van der Waals surface area contributed by atoms with Crippen molar-refractivity contribution in [3.63, 3.8) is 0 Å². The van der Waals surface area contributed by atoms with Gasteiger partial charge in [-0.1, -0.05) is 13.8 Å². The highest BCUT2D eigenvalue weighted by Gasteiger charge is 2.18. The average Bonchev–Trinajstić information content (AvgIpc) is 2.05. The number of rotatable bonds is 2. The molecule has 0 atom stereocenters. The Morgan fingerprint density at radius 1 is 1.42 bits per heavy atom. The standard InChI is InChI=1S/C10H18N2/c1-9(2)7-10-3-5-12(8-11)6-4-10/h9-10H,3-7H2,1-2H3. The molecular formula is C10H18N2. The summed E-state index contributed by atoms with van der Waals surface area (Å²) in [5.74, 6) is 1.68. The molecule has 0 aliphatic carbocycles. The number of hydrogen-bond acceptors (Lipinski definition) is 2. The first-order valence-electron chi connectivity index (χ1n) is 4.87. The molecule has 1 saturated heterocycles. The van der Waals surface area contributed by atoms with Gasteiger partial charge in [0.05, 0.1) is 0 Å². The van der Waals surface area contributed by atoms with Crippen molar-refractivity contribution < 1.29 is 0 Å². The summed E-state index contributed by atoms with van der Waals surface area (Å²) in [6, 6.07) is 0. The molecule has 1 rings (SSSR count). The molecule has 0 radical (unpaired) electrons. The van der Waals surface area contributed by atoms with Crippen molar-refractivity contribution >= 4 is 0 Å². The van der Waals surface area contributed by atoms with E-state index in [1.165, 1.54) is 19.3 Å². The van der Waals surface area contributed by atoms with Crippen LogP contribution in [0.2, 0.25) is 0 Å². The summed E-state index contributed by atoms with van der Waals surface area (Å²) in [7, 11) is 0. The van der Waals surface area contributed by atoms with Gasteiger partial charge in [-0.05, 0) is 31.1 Å². The number of nitrogens with zero attached hydrogens (tertiary/aromatic N) is 2. The molecule has 0 N–H and O–H groups in total. The van der Waals surface area contributed by atoms with Crippen LogP contribution in [0.5, 0.6) is 0 Å². The Morgan fingerprint density at radius 2 is 2.00 bits per heavy atom. The first-order chi connectivity index (χ1) is 5.72. The number of nitriles is 1. The summed E-state index contributed by atoms with van der Waals surface area (Å²) in [6.07, 6.45) is 5.97. The fourth-order valence-electron chi connectivity index (χ4n) is 1.94. The van der Waals surface area contributed by atoms with Gasteiger partial charge in [0, 0.05) is 13.1 Å². The topological polar surface area (TPSA) is 27.0 Å². The van der Waals surface area contributed by atoms with E-state index in [0.717, 1.165) is 24.9 Å². The maximum Gasteiger partial charge on any atom is 0.179 e. The molecule has 1 fully saturated rings. The van der Waals surface area contributed by atoms with Gasteiger partial charge in [0.15, 0.2) is 6.19 Å². The highest BCUT2D eigenvalue weighted by Crippen LogP contribution is 2.23. The smallest absolute Gasteiger partial charge is 0.179 e. The average molecular weight is 166 g/mol. The molecule has 0 unspecified atom stereocenters. The second-order valence-corrected chi connectivity index (χ2v) is 4.16. The molecule has 1 aliphatic heterocycles. The zero-order chi connectivity index (χ0) is 8.97. The lowest BCUT2D eigenvalue weighted by molar-refractivity contribution is 0.228. The molecule has 0 amide bonds. The van der Waals surface area contributed by atoms with Crippen LogP contribution in [0, 0.1) is 23.3 Å². The summed E-state index contributed by atoms with van der Waals surface area (Å²) in [5, 5.41) is 8.64. The highest BCUT2D eigenvalue weighted by molar-refractivity contribution is 4.80. The van der Waals surface area contributed by atoms with Crippen molar-refractivity contribution in [1.29, 1.82) is 5.26 Å². The number of hydrogen-bond donors (Lipinski definition) is 0. The third-order valence-corrected chi connectivity index (χ3v) is 2.56.